The Kier molecular flexibility index (Phi) is 4.21. The molecule has 0 radical (unpaired) electrons. The van der Waals surface area contributed by atoms with Crippen LogP contribution in [0.25, 0.3) is 0 Å². The molecule has 4 fully saturated rings. The second kappa shape index (κ2) is 5.61. The average molecular weight is 333 g/mol. The van der Waals surface area contributed by atoms with Gasteiger partial charge in [0.05, 0.1) is 5.92 Å². The lowest BCUT2D eigenvalue weighted by atomic mass is 9.54. The molecule has 136 valence electrons. The van der Waals surface area contributed by atoms with Gasteiger partial charge < -0.3 is 5.11 Å². The Bertz CT molecular complexity index is 548. The van der Waals surface area contributed by atoms with Gasteiger partial charge in [0.25, 0.3) is 0 Å². The normalized spacial score (nSPS) is 48.1. The minimum Gasteiger partial charge on any atom is -0.481 e. The molecule has 0 amide bonds. The summed E-state index contributed by atoms with van der Waals surface area (Å²) in [5, 5.41) is 10.2. The topological polar surface area (TPSA) is 37.3 Å². The van der Waals surface area contributed by atoms with Crippen molar-refractivity contribution in [1.29, 1.82) is 0 Å². The molecule has 1 N–H and O–H groups in total. The molecule has 4 aliphatic carbocycles. The number of aliphatic carboxylic acids is 1. The smallest absolute Gasteiger partial charge is 0.307 e. The molecule has 1 spiro atoms. The number of rotatable bonds is 1. The second-order valence-electron chi connectivity index (χ2n) is 9.74. The molecule has 4 aliphatic rings. The molecular formula is C22H36O2. The van der Waals surface area contributed by atoms with Crippen LogP contribution in [-0.4, -0.2) is 11.1 Å². The largest absolute Gasteiger partial charge is 0.481 e. The standard InChI is InChI=1S/C20H30O2.C2H6/c1-12-10-20-11-13(12)6-7-14(20)19(4)9-5-8-18(2,3)16(19)15(20)17(21)22;1-2/h13-16H,1,5-11H2,2-4H3,(H,21,22);1-2H3/t13?,14-,15+,16+,19-,20-;/m0./s1. The Labute approximate surface area is 148 Å². The predicted octanol–water partition coefficient (Wildman–Crippen LogP) is 5.92. The van der Waals surface area contributed by atoms with E-state index in [1.807, 2.05) is 13.8 Å². The first-order valence-corrected chi connectivity index (χ1v) is 10.1. The zero-order chi connectivity index (χ0) is 17.9. The van der Waals surface area contributed by atoms with Gasteiger partial charge in [-0.05, 0) is 72.5 Å². The third-order valence-electron chi connectivity index (χ3n) is 8.36. The maximum absolute atomic E-state index is 12.4. The van der Waals surface area contributed by atoms with Crippen molar-refractivity contribution < 1.29 is 9.90 Å². The van der Waals surface area contributed by atoms with Crippen LogP contribution in [0.3, 0.4) is 0 Å². The minimum atomic E-state index is -0.524. The van der Waals surface area contributed by atoms with E-state index in [0.29, 0.717) is 17.8 Å². The van der Waals surface area contributed by atoms with Gasteiger partial charge in [0.2, 0.25) is 0 Å². The van der Waals surface area contributed by atoms with Crippen LogP contribution in [0.15, 0.2) is 12.2 Å². The van der Waals surface area contributed by atoms with Crippen LogP contribution in [0, 0.1) is 39.9 Å². The van der Waals surface area contributed by atoms with Crippen molar-refractivity contribution in [3.8, 4) is 0 Å². The summed E-state index contributed by atoms with van der Waals surface area (Å²) in [5.74, 6) is 0.857. The highest BCUT2D eigenvalue weighted by Crippen LogP contribution is 2.77. The quantitative estimate of drug-likeness (QED) is 0.605. The van der Waals surface area contributed by atoms with Gasteiger partial charge in [0.15, 0.2) is 0 Å². The first-order chi connectivity index (χ1) is 11.2. The lowest BCUT2D eigenvalue weighted by Crippen LogP contribution is -2.45. The van der Waals surface area contributed by atoms with E-state index in [0.717, 1.165) is 12.8 Å². The summed E-state index contributed by atoms with van der Waals surface area (Å²) >= 11 is 0. The van der Waals surface area contributed by atoms with Crippen LogP contribution < -0.4 is 0 Å². The van der Waals surface area contributed by atoms with Gasteiger partial charge >= 0.3 is 5.97 Å². The number of allylic oxidation sites excluding steroid dienone is 1. The van der Waals surface area contributed by atoms with E-state index in [2.05, 4.69) is 27.4 Å². The van der Waals surface area contributed by atoms with Gasteiger partial charge in [-0.25, -0.2) is 0 Å². The monoisotopic (exact) mass is 332 g/mol. The maximum Gasteiger partial charge on any atom is 0.307 e. The van der Waals surface area contributed by atoms with Crippen molar-refractivity contribution in [1.82, 2.24) is 0 Å². The molecule has 2 heteroatoms. The predicted molar refractivity (Wildman–Crippen MR) is 98.7 cm³/mol. The molecule has 0 aromatic carbocycles. The summed E-state index contributed by atoms with van der Waals surface area (Å²) in [7, 11) is 0. The average Bonchev–Trinajstić information content (AvgIpc) is 2.89. The minimum absolute atomic E-state index is 0.0207. The summed E-state index contributed by atoms with van der Waals surface area (Å²) in [6.07, 6.45) is 8.26. The van der Waals surface area contributed by atoms with Gasteiger partial charge in [-0.15, -0.1) is 0 Å². The highest BCUT2D eigenvalue weighted by Gasteiger charge is 2.73. The van der Waals surface area contributed by atoms with Crippen molar-refractivity contribution in [2.75, 3.05) is 0 Å². The van der Waals surface area contributed by atoms with Crippen molar-refractivity contribution in [2.24, 2.45) is 39.9 Å². The number of carbonyl (C=O) groups is 1. The molecule has 4 rings (SSSR count). The van der Waals surface area contributed by atoms with Gasteiger partial charge in [0, 0.05) is 0 Å². The molecule has 0 saturated heterocycles. The molecule has 6 atom stereocenters. The van der Waals surface area contributed by atoms with Crippen molar-refractivity contribution in [3.05, 3.63) is 12.2 Å². The van der Waals surface area contributed by atoms with Crippen LogP contribution in [0.5, 0.6) is 0 Å². The van der Waals surface area contributed by atoms with Gasteiger partial charge in [0.1, 0.15) is 0 Å². The summed E-state index contributed by atoms with van der Waals surface area (Å²) < 4.78 is 0. The zero-order valence-corrected chi connectivity index (χ0v) is 16.3. The summed E-state index contributed by atoms with van der Waals surface area (Å²) in [6.45, 7) is 15.4. The summed E-state index contributed by atoms with van der Waals surface area (Å²) in [5.41, 5.74) is 1.75. The Morgan fingerprint density at radius 2 is 1.83 bits per heavy atom. The van der Waals surface area contributed by atoms with E-state index in [9.17, 15) is 9.90 Å². The number of carboxylic acid groups (broad SMARTS) is 1. The van der Waals surface area contributed by atoms with E-state index in [1.165, 1.54) is 37.7 Å². The molecule has 1 unspecified atom stereocenters. The van der Waals surface area contributed by atoms with E-state index < -0.39 is 5.97 Å². The van der Waals surface area contributed by atoms with Crippen LogP contribution in [0.1, 0.15) is 79.6 Å². The van der Waals surface area contributed by atoms with Gasteiger partial charge in [-0.2, -0.15) is 0 Å². The molecule has 2 bridgehead atoms. The number of carboxylic acids is 1. The van der Waals surface area contributed by atoms with Crippen LogP contribution in [-0.2, 0) is 4.79 Å². The molecule has 24 heavy (non-hydrogen) atoms. The lowest BCUT2D eigenvalue weighted by Gasteiger charge is -2.51. The van der Waals surface area contributed by atoms with Crippen LogP contribution in [0.4, 0.5) is 0 Å². The van der Waals surface area contributed by atoms with E-state index in [-0.39, 0.29) is 22.2 Å². The van der Waals surface area contributed by atoms with E-state index in [1.54, 1.807) is 0 Å². The fraction of sp³-hybridized carbons (Fsp3) is 0.864. The second-order valence-corrected chi connectivity index (χ2v) is 9.74. The Hall–Kier alpha value is -0.790. The lowest BCUT2D eigenvalue weighted by molar-refractivity contribution is -0.152. The Balaban J connectivity index is 0.000000815. The molecular weight excluding hydrogens is 296 g/mol. The molecule has 0 aromatic heterocycles. The fourth-order valence-electron chi connectivity index (χ4n) is 7.98. The van der Waals surface area contributed by atoms with Crippen molar-refractivity contribution >= 4 is 5.97 Å². The SMILES string of the molecule is C=C1C[C@]23CC1CC[C@H]2[C@]1(C)CCCC(C)(C)[C@H]1[C@@H]3C(=O)O.CC. The summed E-state index contributed by atoms with van der Waals surface area (Å²) in [6, 6.07) is 0. The molecule has 2 nitrogen and oxygen atoms in total. The molecule has 0 heterocycles. The highest BCUT2D eigenvalue weighted by atomic mass is 16.4. The van der Waals surface area contributed by atoms with E-state index in [4.69, 9.17) is 0 Å². The Morgan fingerprint density at radius 1 is 1.17 bits per heavy atom. The maximum atomic E-state index is 12.4. The third-order valence-corrected chi connectivity index (χ3v) is 8.36. The summed E-state index contributed by atoms with van der Waals surface area (Å²) in [4.78, 5) is 12.4. The number of hydrogen-bond acceptors (Lipinski definition) is 1. The molecule has 4 saturated carbocycles. The van der Waals surface area contributed by atoms with Gasteiger partial charge in [-0.1, -0.05) is 53.2 Å². The van der Waals surface area contributed by atoms with Crippen molar-refractivity contribution in [2.45, 2.75) is 79.6 Å². The fourth-order valence-corrected chi connectivity index (χ4v) is 7.98. The van der Waals surface area contributed by atoms with E-state index >= 15 is 0 Å². The van der Waals surface area contributed by atoms with Crippen molar-refractivity contribution in [3.63, 3.8) is 0 Å². The first kappa shape index (κ1) is 18.0. The zero-order valence-electron chi connectivity index (χ0n) is 16.3. The molecule has 0 aliphatic heterocycles. The number of hydrogen-bond donors (Lipinski definition) is 1. The number of fused-ring (bicyclic) bond motifs is 3. The van der Waals surface area contributed by atoms with Gasteiger partial charge in [-0.3, -0.25) is 4.79 Å². The molecule has 0 aromatic rings. The first-order valence-electron chi connectivity index (χ1n) is 10.1. The highest BCUT2D eigenvalue weighted by molar-refractivity contribution is 5.73. The third kappa shape index (κ3) is 2.10. The van der Waals surface area contributed by atoms with Crippen LogP contribution in [0.2, 0.25) is 0 Å². The Morgan fingerprint density at radius 3 is 2.46 bits per heavy atom. The van der Waals surface area contributed by atoms with Crippen LogP contribution >= 0.6 is 0 Å².